The van der Waals surface area contributed by atoms with E-state index in [1.807, 2.05) is 0 Å². The number of amides is 3. The fourth-order valence-corrected chi connectivity index (χ4v) is 6.43. The number of carbonyl (C=O) groups is 5. The van der Waals surface area contributed by atoms with E-state index in [2.05, 4.69) is 18.5 Å². The number of nitrogens with one attached hydrogen (secondary N) is 1. The maximum atomic E-state index is 14.0. The lowest BCUT2D eigenvalue weighted by Gasteiger charge is -2.28. The molecule has 2 aromatic carbocycles. The van der Waals surface area contributed by atoms with Crippen LogP contribution in [-0.4, -0.2) is 110 Å². The van der Waals surface area contributed by atoms with Crippen molar-refractivity contribution in [3.05, 3.63) is 59.7 Å². The maximum Gasteiger partial charge on any atom is 0.412 e. The molecular formula is C40H52N4O12. The Hall–Kier alpha value is -5.93. The number of nitrogens with zero attached hydrogens (tertiary/aromatic N) is 2. The normalized spacial score (nSPS) is 17.3. The number of carbonyl (C=O) groups excluding carboxylic acids is 4. The molecule has 3 atom stereocenters. The average molecular weight is 781 g/mol. The minimum Gasteiger partial charge on any atom is -0.493 e. The van der Waals surface area contributed by atoms with E-state index < -0.39 is 53.4 Å². The Morgan fingerprint density at radius 2 is 1.43 bits per heavy atom. The smallest absolute Gasteiger partial charge is 0.412 e. The van der Waals surface area contributed by atoms with Crippen molar-refractivity contribution in [2.75, 3.05) is 58.2 Å². The van der Waals surface area contributed by atoms with Gasteiger partial charge in [-0.15, -0.1) is 0 Å². The van der Waals surface area contributed by atoms with Crippen LogP contribution in [0.1, 0.15) is 74.6 Å². The molecule has 2 aromatic rings. The number of esters is 1. The van der Waals surface area contributed by atoms with Crippen molar-refractivity contribution in [1.82, 2.24) is 9.80 Å². The summed E-state index contributed by atoms with van der Waals surface area (Å²) in [5.74, 6) is -2.21. The SMILES string of the molecule is C=C1C[C@@H](COC(C)=O)N(C(=O)c2cc(OC)c(OCCCOc3cc(N)c(C(=O)N4CC(=C)C[C@H]4C(C)C(=O)O)cc3OC)cc2NC(=O)OC(C)(C)C)C1. The molecule has 1 unspecified atom stereocenters. The quantitative estimate of drug-likeness (QED) is 0.0909. The number of nitrogen functional groups attached to an aromatic ring is 1. The van der Waals surface area contributed by atoms with Gasteiger partial charge in [-0.25, -0.2) is 4.79 Å². The zero-order valence-corrected chi connectivity index (χ0v) is 33.0. The summed E-state index contributed by atoms with van der Waals surface area (Å²) in [7, 11) is 2.84. The molecule has 2 saturated heterocycles. The third-order valence-corrected chi connectivity index (χ3v) is 9.16. The summed E-state index contributed by atoms with van der Waals surface area (Å²) in [6.45, 7) is 16.6. The predicted octanol–water partition coefficient (Wildman–Crippen LogP) is 5.31. The fourth-order valence-electron chi connectivity index (χ4n) is 6.43. The summed E-state index contributed by atoms with van der Waals surface area (Å²) in [6, 6.07) is 4.87. The van der Waals surface area contributed by atoms with E-state index in [1.165, 1.54) is 55.2 Å². The highest BCUT2D eigenvalue weighted by Gasteiger charge is 2.39. The van der Waals surface area contributed by atoms with E-state index in [1.54, 1.807) is 27.7 Å². The fraction of sp³-hybridized carbons (Fsp3) is 0.475. The molecule has 4 N–H and O–H groups in total. The molecule has 16 heteroatoms. The molecule has 16 nitrogen and oxygen atoms in total. The molecular weight excluding hydrogens is 728 g/mol. The Morgan fingerprint density at radius 3 is 2.00 bits per heavy atom. The first-order valence-electron chi connectivity index (χ1n) is 18.1. The van der Waals surface area contributed by atoms with Crippen molar-refractivity contribution in [2.24, 2.45) is 5.92 Å². The number of anilines is 2. The summed E-state index contributed by atoms with van der Waals surface area (Å²) >= 11 is 0. The van der Waals surface area contributed by atoms with E-state index in [4.69, 9.17) is 34.2 Å². The first-order valence-corrected chi connectivity index (χ1v) is 18.1. The molecule has 0 spiro atoms. The summed E-state index contributed by atoms with van der Waals surface area (Å²) in [4.78, 5) is 66.7. The topological polar surface area (TPSA) is 205 Å². The minimum absolute atomic E-state index is 0.0144. The first-order chi connectivity index (χ1) is 26.3. The van der Waals surface area contributed by atoms with Gasteiger partial charge in [0.1, 0.15) is 12.2 Å². The van der Waals surface area contributed by atoms with Crippen LogP contribution < -0.4 is 30.0 Å². The van der Waals surface area contributed by atoms with E-state index in [-0.39, 0.29) is 78.4 Å². The van der Waals surface area contributed by atoms with Gasteiger partial charge in [-0.05, 0) is 52.7 Å². The zero-order chi connectivity index (χ0) is 41.5. The van der Waals surface area contributed by atoms with Gasteiger partial charge in [-0.2, -0.15) is 0 Å². The van der Waals surface area contributed by atoms with Gasteiger partial charge in [-0.1, -0.05) is 24.3 Å². The van der Waals surface area contributed by atoms with E-state index in [0.717, 1.165) is 11.1 Å². The molecule has 56 heavy (non-hydrogen) atoms. The number of benzene rings is 2. The van der Waals surface area contributed by atoms with Crippen molar-refractivity contribution >= 4 is 41.2 Å². The molecule has 2 aliphatic heterocycles. The average Bonchev–Trinajstić information content (AvgIpc) is 3.70. The second-order valence-corrected chi connectivity index (χ2v) is 14.7. The first kappa shape index (κ1) is 42.8. The minimum atomic E-state index is -1.01. The lowest BCUT2D eigenvalue weighted by molar-refractivity contribution is -0.143. The number of ether oxygens (including phenoxy) is 6. The predicted molar refractivity (Wildman–Crippen MR) is 206 cm³/mol. The molecule has 2 fully saturated rings. The van der Waals surface area contributed by atoms with E-state index in [0.29, 0.717) is 19.3 Å². The molecule has 4 rings (SSSR count). The lowest BCUT2D eigenvalue weighted by Crippen LogP contribution is -2.42. The largest absolute Gasteiger partial charge is 0.493 e. The number of methoxy groups -OCH3 is 2. The van der Waals surface area contributed by atoms with Crippen molar-refractivity contribution in [1.29, 1.82) is 0 Å². The van der Waals surface area contributed by atoms with Crippen LogP contribution in [-0.2, 0) is 19.1 Å². The Bertz CT molecular complexity index is 1870. The van der Waals surface area contributed by atoms with Crippen LogP contribution in [0.25, 0.3) is 0 Å². The molecule has 0 radical (unpaired) electrons. The third-order valence-electron chi connectivity index (χ3n) is 9.16. The molecule has 0 saturated carbocycles. The number of carboxylic acid groups (broad SMARTS) is 1. The molecule has 0 bridgehead atoms. The molecule has 3 amide bonds. The zero-order valence-electron chi connectivity index (χ0n) is 33.0. The van der Waals surface area contributed by atoms with Crippen LogP contribution in [0.3, 0.4) is 0 Å². The Balaban J connectivity index is 1.49. The summed E-state index contributed by atoms with van der Waals surface area (Å²) < 4.78 is 33.8. The van der Waals surface area contributed by atoms with Crippen LogP contribution in [0.2, 0.25) is 0 Å². The highest BCUT2D eigenvalue weighted by molar-refractivity contribution is 6.04. The monoisotopic (exact) mass is 780 g/mol. The van der Waals surface area contributed by atoms with Crippen LogP contribution in [0, 0.1) is 5.92 Å². The summed E-state index contributed by atoms with van der Waals surface area (Å²) in [5, 5.41) is 12.2. The molecule has 304 valence electrons. The Morgan fingerprint density at radius 1 is 0.875 bits per heavy atom. The van der Waals surface area contributed by atoms with Crippen LogP contribution in [0.15, 0.2) is 48.6 Å². The van der Waals surface area contributed by atoms with E-state index >= 15 is 0 Å². The van der Waals surface area contributed by atoms with Gasteiger partial charge in [0.15, 0.2) is 23.0 Å². The van der Waals surface area contributed by atoms with Crippen molar-refractivity contribution in [2.45, 2.75) is 71.6 Å². The number of hydrogen-bond donors (Lipinski definition) is 3. The standard InChI is InChI=1S/C40H52N4O12/c1-22-13-26(21-55-25(4)45)43(19-22)37(47)28-16-33(52-9)35(18-30(28)42-39(50)56-40(5,6)7)54-12-10-11-53-34-17-29(41)27(15-32(34)51-8)36(46)44-20-23(2)14-31(44)24(3)38(48)49/h15-18,24,26,31H,1-2,10-14,19-21,41H2,3-9H3,(H,42,50)(H,48,49)/t24?,26-,31-/m0/s1. The van der Waals surface area contributed by atoms with Gasteiger partial charge in [-0.3, -0.25) is 24.5 Å². The lowest BCUT2D eigenvalue weighted by atomic mass is 9.98. The second kappa shape index (κ2) is 18.1. The highest BCUT2D eigenvalue weighted by Crippen LogP contribution is 2.38. The number of aliphatic carboxylic acids is 1. The van der Waals surface area contributed by atoms with Gasteiger partial charge in [0.05, 0.1) is 56.2 Å². The van der Waals surface area contributed by atoms with Gasteiger partial charge in [0, 0.05) is 50.3 Å². The highest BCUT2D eigenvalue weighted by atomic mass is 16.6. The molecule has 2 aliphatic rings. The number of hydrogen-bond acceptors (Lipinski definition) is 12. The van der Waals surface area contributed by atoms with Crippen molar-refractivity contribution in [3.8, 4) is 23.0 Å². The van der Waals surface area contributed by atoms with Crippen LogP contribution >= 0.6 is 0 Å². The van der Waals surface area contributed by atoms with Crippen molar-refractivity contribution < 1.29 is 57.5 Å². The summed E-state index contributed by atoms with van der Waals surface area (Å²) in [5.41, 5.74) is 7.51. The van der Waals surface area contributed by atoms with E-state index in [9.17, 15) is 29.1 Å². The van der Waals surface area contributed by atoms with Gasteiger partial charge < -0.3 is 49.1 Å². The number of nitrogens with two attached hydrogens (primary N) is 1. The second-order valence-electron chi connectivity index (χ2n) is 14.7. The number of likely N-dealkylation sites (tertiary alicyclic amines) is 2. The Labute approximate surface area is 326 Å². The molecule has 2 heterocycles. The number of rotatable bonds is 15. The Kier molecular flexibility index (Phi) is 13.9. The van der Waals surface area contributed by atoms with Gasteiger partial charge >= 0.3 is 18.0 Å². The van der Waals surface area contributed by atoms with Crippen LogP contribution in [0.4, 0.5) is 16.2 Å². The van der Waals surface area contributed by atoms with Crippen LogP contribution in [0.5, 0.6) is 23.0 Å². The molecule has 0 aromatic heterocycles. The van der Waals surface area contributed by atoms with Gasteiger partial charge in [0.2, 0.25) is 0 Å². The third kappa shape index (κ3) is 10.6. The van der Waals surface area contributed by atoms with Crippen molar-refractivity contribution in [3.63, 3.8) is 0 Å². The number of carboxylic acids is 1. The van der Waals surface area contributed by atoms with Gasteiger partial charge in [0.25, 0.3) is 11.8 Å². The summed E-state index contributed by atoms with van der Waals surface area (Å²) in [6.07, 6.45) is 0.378. The maximum absolute atomic E-state index is 14.0. The molecule has 0 aliphatic carbocycles.